The number of nitrogens with two attached hydrogens (primary N) is 1. The molecular weight excluding hydrogens is 284 g/mol. The third kappa shape index (κ3) is 3.14. The van der Waals surface area contributed by atoms with E-state index in [0.717, 1.165) is 23.0 Å². The van der Waals surface area contributed by atoms with E-state index in [9.17, 15) is 0 Å². The molecule has 0 aliphatic carbocycles. The fourth-order valence-corrected chi connectivity index (χ4v) is 2.47. The van der Waals surface area contributed by atoms with Crippen molar-refractivity contribution in [2.24, 2.45) is 5.73 Å². The van der Waals surface area contributed by atoms with E-state index in [1.807, 2.05) is 12.1 Å². The molecule has 0 saturated carbocycles. The minimum atomic E-state index is 0.0233. The number of hydrogen-bond acceptors (Lipinski definition) is 3. The Bertz CT molecular complexity index is 425. The Morgan fingerprint density at radius 3 is 2.88 bits per heavy atom. The predicted octanol–water partition coefficient (Wildman–Crippen LogP) is 3.54. The molecular formula is C12H13BrN2S. The highest BCUT2D eigenvalue weighted by molar-refractivity contribution is 9.10. The van der Waals surface area contributed by atoms with Crippen LogP contribution in [-0.2, 0) is 6.42 Å². The molecule has 16 heavy (non-hydrogen) atoms. The average Bonchev–Trinajstić information content (AvgIpc) is 2.80. The molecule has 1 atom stereocenters. The van der Waals surface area contributed by atoms with Crippen molar-refractivity contribution in [1.29, 1.82) is 0 Å². The Labute approximate surface area is 108 Å². The van der Waals surface area contributed by atoms with Crippen molar-refractivity contribution in [1.82, 2.24) is 4.98 Å². The van der Waals surface area contributed by atoms with Gasteiger partial charge in [0, 0.05) is 21.6 Å². The van der Waals surface area contributed by atoms with Gasteiger partial charge >= 0.3 is 0 Å². The van der Waals surface area contributed by atoms with E-state index in [2.05, 4.69) is 38.4 Å². The zero-order valence-electron chi connectivity index (χ0n) is 8.77. The minimum Gasteiger partial charge on any atom is -0.323 e. The fraction of sp³-hybridized carbons (Fsp3) is 0.250. The molecule has 0 fully saturated rings. The monoisotopic (exact) mass is 296 g/mol. The van der Waals surface area contributed by atoms with Crippen LogP contribution in [0.2, 0.25) is 0 Å². The number of aryl methyl sites for hydroxylation is 1. The number of thiophene rings is 1. The van der Waals surface area contributed by atoms with Gasteiger partial charge in [0.25, 0.3) is 0 Å². The number of nitrogens with zero attached hydrogens (tertiary/aromatic N) is 1. The van der Waals surface area contributed by atoms with Crippen LogP contribution < -0.4 is 5.73 Å². The van der Waals surface area contributed by atoms with Crippen LogP contribution in [0.5, 0.6) is 0 Å². The number of rotatable bonds is 4. The van der Waals surface area contributed by atoms with Crippen LogP contribution in [0, 0.1) is 0 Å². The van der Waals surface area contributed by atoms with E-state index in [1.165, 1.54) is 4.88 Å². The highest BCUT2D eigenvalue weighted by atomic mass is 79.9. The molecule has 0 bridgehead atoms. The second kappa shape index (κ2) is 5.57. The Morgan fingerprint density at radius 2 is 2.25 bits per heavy atom. The maximum Gasteiger partial charge on any atom is 0.0571 e. The van der Waals surface area contributed by atoms with Crippen molar-refractivity contribution in [3.63, 3.8) is 0 Å². The molecule has 4 heteroatoms. The van der Waals surface area contributed by atoms with Gasteiger partial charge in [-0.05, 0) is 52.4 Å². The number of hydrogen-bond donors (Lipinski definition) is 1. The summed E-state index contributed by atoms with van der Waals surface area (Å²) in [4.78, 5) is 5.69. The van der Waals surface area contributed by atoms with Gasteiger partial charge in [0.1, 0.15) is 0 Å². The van der Waals surface area contributed by atoms with Gasteiger partial charge in [-0.3, -0.25) is 4.98 Å². The van der Waals surface area contributed by atoms with Crippen LogP contribution >= 0.6 is 27.3 Å². The van der Waals surface area contributed by atoms with E-state index in [1.54, 1.807) is 17.5 Å². The Hall–Kier alpha value is -0.710. The van der Waals surface area contributed by atoms with Gasteiger partial charge in [-0.1, -0.05) is 6.07 Å². The van der Waals surface area contributed by atoms with Crippen LogP contribution in [-0.4, -0.2) is 4.98 Å². The maximum absolute atomic E-state index is 6.09. The van der Waals surface area contributed by atoms with Crippen molar-refractivity contribution >= 4 is 27.3 Å². The summed E-state index contributed by atoms with van der Waals surface area (Å²) < 4.78 is 0.988. The SMILES string of the molecule is NC(CCc1cccs1)c1ccc(Br)cn1. The summed E-state index contributed by atoms with van der Waals surface area (Å²) in [5.74, 6) is 0. The second-order valence-electron chi connectivity index (χ2n) is 3.63. The molecule has 2 aromatic rings. The molecule has 2 rings (SSSR count). The molecule has 84 valence electrons. The van der Waals surface area contributed by atoms with Gasteiger partial charge in [0.05, 0.1) is 5.69 Å². The Balaban J connectivity index is 1.93. The molecule has 0 saturated heterocycles. The highest BCUT2D eigenvalue weighted by Gasteiger charge is 2.07. The smallest absolute Gasteiger partial charge is 0.0571 e. The third-order valence-electron chi connectivity index (χ3n) is 2.41. The minimum absolute atomic E-state index is 0.0233. The van der Waals surface area contributed by atoms with Gasteiger partial charge in [0.15, 0.2) is 0 Å². The standard InChI is InChI=1S/C12H13BrN2S/c13-9-3-6-12(15-8-9)11(14)5-4-10-2-1-7-16-10/h1-3,6-8,11H,4-5,14H2. The summed E-state index contributed by atoms with van der Waals surface area (Å²) in [5, 5.41) is 2.10. The van der Waals surface area contributed by atoms with E-state index in [-0.39, 0.29) is 6.04 Å². The molecule has 0 spiro atoms. The van der Waals surface area contributed by atoms with Crippen LogP contribution in [0.15, 0.2) is 40.3 Å². The van der Waals surface area contributed by atoms with Gasteiger partial charge in [0.2, 0.25) is 0 Å². The van der Waals surface area contributed by atoms with Crippen molar-refractivity contribution in [2.45, 2.75) is 18.9 Å². The molecule has 2 aromatic heterocycles. The zero-order valence-corrected chi connectivity index (χ0v) is 11.2. The number of halogens is 1. The van der Waals surface area contributed by atoms with Crippen molar-refractivity contribution in [2.75, 3.05) is 0 Å². The van der Waals surface area contributed by atoms with Crippen LogP contribution in [0.1, 0.15) is 23.0 Å². The van der Waals surface area contributed by atoms with Gasteiger partial charge in [-0.25, -0.2) is 0 Å². The van der Waals surface area contributed by atoms with E-state index >= 15 is 0 Å². The molecule has 2 N–H and O–H groups in total. The fourth-order valence-electron chi connectivity index (χ4n) is 1.51. The number of pyridine rings is 1. The summed E-state index contributed by atoms with van der Waals surface area (Å²) in [5.41, 5.74) is 7.05. The molecule has 0 amide bonds. The van der Waals surface area contributed by atoms with Crippen LogP contribution in [0.3, 0.4) is 0 Å². The normalized spacial score (nSPS) is 12.6. The van der Waals surface area contributed by atoms with Gasteiger partial charge < -0.3 is 5.73 Å². The Kier molecular flexibility index (Phi) is 4.09. The number of aromatic nitrogens is 1. The molecule has 0 aliphatic heterocycles. The first kappa shape index (κ1) is 11.8. The van der Waals surface area contributed by atoms with E-state index in [0.29, 0.717) is 0 Å². The van der Waals surface area contributed by atoms with Crippen molar-refractivity contribution in [3.8, 4) is 0 Å². The molecule has 0 aromatic carbocycles. The van der Waals surface area contributed by atoms with Crippen molar-refractivity contribution in [3.05, 3.63) is 50.9 Å². The molecule has 1 unspecified atom stereocenters. The summed E-state index contributed by atoms with van der Waals surface area (Å²) in [6, 6.07) is 8.20. The highest BCUT2D eigenvalue weighted by Crippen LogP contribution is 2.18. The lowest BCUT2D eigenvalue weighted by atomic mass is 10.1. The maximum atomic E-state index is 6.09. The van der Waals surface area contributed by atoms with E-state index < -0.39 is 0 Å². The predicted molar refractivity (Wildman–Crippen MR) is 71.5 cm³/mol. The quantitative estimate of drug-likeness (QED) is 0.937. The summed E-state index contributed by atoms with van der Waals surface area (Å²) >= 11 is 5.14. The Morgan fingerprint density at radius 1 is 1.38 bits per heavy atom. The average molecular weight is 297 g/mol. The molecule has 2 heterocycles. The first-order valence-electron chi connectivity index (χ1n) is 5.15. The molecule has 2 nitrogen and oxygen atoms in total. The first-order valence-corrected chi connectivity index (χ1v) is 6.82. The van der Waals surface area contributed by atoms with Gasteiger partial charge in [-0.15, -0.1) is 11.3 Å². The topological polar surface area (TPSA) is 38.9 Å². The first-order chi connectivity index (χ1) is 7.75. The summed E-state index contributed by atoms with van der Waals surface area (Å²) in [6.07, 6.45) is 3.76. The lowest BCUT2D eigenvalue weighted by Gasteiger charge is -2.10. The van der Waals surface area contributed by atoms with Gasteiger partial charge in [-0.2, -0.15) is 0 Å². The second-order valence-corrected chi connectivity index (χ2v) is 5.57. The lowest BCUT2D eigenvalue weighted by Crippen LogP contribution is -2.12. The largest absolute Gasteiger partial charge is 0.323 e. The van der Waals surface area contributed by atoms with E-state index in [4.69, 9.17) is 5.73 Å². The lowest BCUT2D eigenvalue weighted by molar-refractivity contribution is 0.637. The molecule has 0 aliphatic rings. The third-order valence-corrected chi connectivity index (χ3v) is 3.82. The summed E-state index contributed by atoms with van der Waals surface area (Å²) in [6.45, 7) is 0. The van der Waals surface area contributed by atoms with Crippen LogP contribution in [0.25, 0.3) is 0 Å². The van der Waals surface area contributed by atoms with Crippen LogP contribution in [0.4, 0.5) is 0 Å². The summed E-state index contributed by atoms with van der Waals surface area (Å²) in [7, 11) is 0. The molecule has 0 radical (unpaired) electrons. The van der Waals surface area contributed by atoms with Crippen molar-refractivity contribution < 1.29 is 0 Å². The zero-order chi connectivity index (χ0) is 11.4.